The minimum absolute atomic E-state index is 0.0199. The van der Waals surface area contributed by atoms with Gasteiger partial charge in [-0.1, -0.05) is 36.4 Å². The van der Waals surface area contributed by atoms with Crippen LogP contribution in [-0.4, -0.2) is 87.9 Å². The summed E-state index contributed by atoms with van der Waals surface area (Å²) in [5.41, 5.74) is 5.15. The van der Waals surface area contributed by atoms with Crippen molar-refractivity contribution in [2.45, 2.75) is 173 Å². The van der Waals surface area contributed by atoms with Gasteiger partial charge in [-0.05, 0) is 146 Å². The summed E-state index contributed by atoms with van der Waals surface area (Å²) in [7, 11) is 1.70. The van der Waals surface area contributed by atoms with Gasteiger partial charge < -0.3 is 29.3 Å². The monoisotopic (exact) mass is 906 g/mol. The Hall–Kier alpha value is -1.28. The molecule has 17 heteroatoms. The lowest BCUT2D eigenvalue weighted by atomic mass is 9.79. The van der Waals surface area contributed by atoms with Crippen molar-refractivity contribution in [1.29, 1.82) is 0 Å². The lowest BCUT2D eigenvalue weighted by molar-refractivity contribution is -0.267. The Kier molecular flexibility index (Phi) is 17.7. The van der Waals surface area contributed by atoms with E-state index in [0.29, 0.717) is 11.5 Å². The molecule has 5 rings (SSSR count). The number of nitrogens with two attached hydrogens (primary N) is 1. The molecule has 0 bridgehead atoms. The molecule has 0 atom stereocenters. The topological polar surface area (TPSA) is 140 Å². The second-order valence-corrected chi connectivity index (χ2v) is 25.7. The van der Waals surface area contributed by atoms with Crippen molar-refractivity contribution in [3.8, 4) is 11.5 Å². The lowest BCUT2D eigenvalue weighted by Gasteiger charge is -2.54. The van der Waals surface area contributed by atoms with Crippen LogP contribution in [0.2, 0.25) is 0 Å². The molecule has 0 radical (unpaired) electrons. The van der Waals surface area contributed by atoms with Gasteiger partial charge in [0.05, 0.1) is 21.3 Å². The largest absolute Gasteiger partial charge is 0.428 e. The minimum atomic E-state index is -3.48. The number of rotatable bonds is 11. The van der Waals surface area contributed by atoms with Crippen molar-refractivity contribution in [3.05, 3.63) is 60.7 Å². The van der Waals surface area contributed by atoms with Crippen molar-refractivity contribution in [2.24, 2.45) is 5.73 Å². The number of para-hydroxylation sites is 2. The number of benzene rings is 2. The maximum Gasteiger partial charge on any atom is 0.428 e. The van der Waals surface area contributed by atoms with E-state index < -0.39 is 13.7 Å². The molecule has 0 aliphatic carbocycles. The Morgan fingerprint density at radius 1 is 0.525 bits per heavy atom. The van der Waals surface area contributed by atoms with Crippen LogP contribution in [0.15, 0.2) is 60.7 Å². The maximum atomic E-state index is 14.5. The number of piperidine rings is 3. The van der Waals surface area contributed by atoms with Gasteiger partial charge >= 0.3 is 13.7 Å². The van der Waals surface area contributed by atoms with Gasteiger partial charge in [0.15, 0.2) is 0 Å². The highest BCUT2D eigenvalue weighted by molar-refractivity contribution is 8.05. The highest BCUT2D eigenvalue weighted by atomic mass is 35.9. The molecule has 0 amide bonds. The van der Waals surface area contributed by atoms with Crippen LogP contribution in [0.5, 0.6) is 11.5 Å². The highest BCUT2D eigenvalue weighted by Crippen LogP contribution is 2.57. The molecule has 59 heavy (non-hydrogen) atoms. The molecule has 3 heterocycles. The molecule has 3 aliphatic rings. The van der Waals surface area contributed by atoms with Gasteiger partial charge in [-0.2, -0.15) is 15.2 Å². The van der Waals surface area contributed by atoms with E-state index in [2.05, 4.69) is 113 Å². The second kappa shape index (κ2) is 20.0. The fourth-order valence-corrected chi connectivity index (χ4v) is 13.1. The maximum absolute atomic E-state index is 14.5. The molecular weight excluding hydrogens is 833 g/mol. The van der Waals surface area contributed by atoms with E-state index in [9.17, 15) is 9.13 Å². The van der Waals surface area contributed by atoms with Crippen molar-refractivity contribution in [2.75, 3.05) is 21.3 Å². The zero-order valence-corrected chi connectivity index (χ0v) is 41.5. The Bertz CT molecular complexity index is 1610. The summed E-state index contributed by atoms with van der Waals surface area (Å²) >= 11 is 10.3. The van der Waals surface area contributed by atoms with Gasteiger partial charge in [-0.3, -0.25) is 0 Å². The Labute approximate surface area is 365 Å². The summed E-state index contributed by atoms with van der Waals surface area (Å²) in [5, 5.41) is 13.1. The van der Waals surface area contributed by atoms with E-state index in [0.717, 1.165) is 38.5 Å². The molecule has 3 aliphatic heterocycles. The summed E-state index contributed by atoms with van der Waals surface area (Å²) in [6, 6.07) is 18.2. The molecule has 3 saturated heterocycles. The van der Waals surface area contributed by atoms with Crippen LogP contribution in [0.1, 0.15) is 122 Å². The summed E-state index contributed by atoms with van der Waals surface area (Å²) in [5.74, 6) is 0.984. The molecular formula is C42H74Cl2N6O7P2. The van der Waals surface area contributed by atoms with Crippen molar-refractivity contribution in [3.63, 3.8) is 0 Å². The van der Waals surface area contributed by atoms with E-state index in [1.54, 1.807) is 51.7 Å². The number of nitrogens with one attached hydrogen (secondary N) is 2. The van der Waals surface area contributed by atoms with E-state index in [1.807, 2.05) is 30.3 Å². The van der Waals surface area contributed by atoms with Crippen LogP contribution in [0.4, 0.5) is 0 Å². The number of hydroxylamine groups is 6. The molecule has 4 N–H and O–H groups in total. The van der Waals surface area contributed by atoms with Gasteiger partial charge in [0.25, 0.3) is 0 Å². The molecule has 0 saturated carbocycles. The quantitative estimate of drug-likeness (QED) is 0.184. The first-order chi connectivity index (χ1) is 26.9. The van der Waals surface area contributed by atoms with Gasteiger partial charge in [0, 0.05) is 73.8 Å². The predicted octanol–water partition coefficient (Wildman–Crippen LogP) is 10.7. The second-order valence-electron chi connectivity index (χ2n) is 19.7. The van der Waals surface area contributed by atoms with Crippen LogP contribution in [0.25, 0.3) is 0 Å². The van der Waals surface area contributed by atoms with E-state index >= 15 is 0 Å². The zero-order chi connectivity index (χ0) is 44.9. The normalized spacial score (nSPS) is 23.6. The molecule has 0 unspecified atom stereocenters. The molecule has 0 spiro atoms. The summed E-state index contributed by atoms with van der Waals surface area (Å²) in [4.78, 5) is 17.0. The summed E-state index contributed by atoms with van der Waals surface area (Å²) in [6.45, 7) is 26.0. The SMILES string of the molecule is CON1C(C)(C)CC(N)CC1(C)C.CON1C(C)(C)CC(NP(=O)(NC2CC(C)(C)N(OC)C(C)(C)C2)Oc2ccccc2)CC1(C)C.O=P(Cl)(Cl)Oc1ccccc1. The number of halogens is 2. The first kappa shape index (κ1) is 52.1. The minimum Gasteiger partial charge on any atom is -0.422 e. The molecule has 3 fully saturated rings. The molecule has 13 nitrogen and oxygen atoms in total. The van der Waals surface area contributed by atoms with Crippen LogP contribution in [0, 0.1) is 0 Å². The third kappa shape index (κ3) is 14.9. The molecule has 2 aromatic carbocycles. The third-order valence-corrected chi connectivity index (χ3v) is 13.7. The average molecular weight is 908 g/mol. The van der Waals surface area contributed by atoms with Crippen LogP contribution < -0.4 is 25.0 Å². The van der Waals surface area contributed by atoms with Gasteiger partial charge in [0.1, 0.15) is 11.5 Å². The van der Waals surface area contributed by atoms with Crippen LogP contribution in [-0.2, 0) is 23.6 Å². The fraction of sp³-hybridized carbons (Fsp3) is 0.714. The standard InChI is InChI=1S/C26H47N4O4P.C10H22N2O.C6H5Cl2O2P/c1-23(2)16-20(17-24(3,4)29(23)32-9)27-35(31,34-22-14-12-11-13-15-22)28-21-18-25(5,6)30(33-10)26(7,8)19-21;1-9(2)6-8(11)7-10(3,4)12(9)13-5;7-11(8,9)10-6-4-2-1-3-5-6/h11-15,20-21H,16-19H2,1-10H3,(H2,27,28,31);8H,6-7,11H2,1-5H3;1-5H. The summed E-state index contributed by atoms with van der Waals surface area (Å²) in [6.07, 6.45) is 1.62. The Balaban J connectivity index is 0.000000313. The fourth-order valence-electron chi connectivity index (χ4n) is 10.3. The lowest BCUT2D eigenvalue weighted by Crippen LogP contribution is -2.64. The van der Waals surface area contributed by atoms with Crippen molar-refractivity contribution >= 4 is 36.2 Å². The Morgan fingerprint density at radius 3 is 1.07 bits per heavy atom. The highest BCUT2D eigenvalue weighted by Gasteiger charge is 2.51. The van der Waals surface area contributed by atoms with Crippen LogP contribution in [0.3, 0.4) is 0 Å². The molecule has 338 valence electrons. The predicted molar refractivity (Wildman–Crippen MR) is 242 cm³/mol. The van der Waals surface area contributed by atoms with Gasteiger partial charge in [0.2, 0.25) is 0 Å². The van der Waals surface area contributed by atoms with E-state index in [-0.39, 0.29) is 51.4 Å². The van der Waals surface area contributed by atoms with Crippen molar-refractivity contribution < 1.29 is 32.7 Å². The summed E-state index contributed by atoms with van der Waals surface area (Å²) < 4.78 is 36.1. The van der Waals surface area contributed by atoms with Crippen molar-refractivity contribution in [1.82, 2.24) is 25.4 Å². The Morgan fingerprint density at radius 2 is 0.797 bits per heavy atom. The van der Waals surface area contributed by atoms with E-state index in [4.69, 9.17) is 47.3 Å². The molecule has 2 aromatic rings. The number of hydrogen-bond acceptors (Lipinski definition) is 11. The van der Waals surface area contributed by atoms with Gasteiger partial charge in [-0.25, -0.2) is 19.3 Å². The van der Waals surface area contributed by atoms with Crippen LogP contribution >= 0.6 is 36.2 Å². The average Bonchev–Trinajstić information content (AvgIpc) is 3.02. The number of hydrogen-bond donors (Lipinski definition) is 3. The van der Waals surface area contributed by atoms with E-state index in [1.165, 1.54) is 0 Å². The number of nitrogens with zero attached hydrogens (tertiary/aromatic N) is 3. The third-order valence-electron chi connectivity index (χ3n) is 11.0. The van der Waals surface area contributed by atoms with Gasteiger partial charge in [-0.15, -0.1) is 0 Å². The first-order valence-electron chi connectivity index (χ1n) is 20.3. The first-order valence-corrected chi connectivity index (χ1v) is 25.4. The smallest absolute Gasteiger partial charge is 0.422 e. The molecule has 0 aromatic heterocycles. The zero-order valence-electron chi connectivity index (χ0n) is 38.2.